The molecule has 14 nitrogen and oxygen atoms in total. The average Bonchev–Trinajstić information content (AvgIpc) is 3.25. The van der Waals surface area contributed by atoms with Gasteiger partial charge in [-0.2, -0.15) is 5.26 Å². The predicted molar refractivity (Wildman–Crippen MR) is 121 cm³/mol. The molecule has 1 fully saturated rings. The molecule has 0 spiro atoms. The fourth-order valence-electron chi connectivity index (χ4n) is 3.11. The first-order valence-electron chi connectivity index (χ1n) is 10.5. The molecule has 0 radical (unpaired) electrons. The summed E-state index contributed by atoms with van der Waals surface area (Å²) in [5, 5.41) is 49.5. The number of fused-ring (bicyclic) bond motifs is 1. The summed E-state index contributed by atoms with van der Waals surface area (Å²) < 4.78 is 11.8. The van der Waals surface area contributed by atoms with Crippen LogP contribution in [0.25, 0.3) is 11.0 Å². The lowest BCUT2D eigenvalue weighted by molar-refractivity contribution is -0.143. The van der Waals surface area contributed by atoms with Crippen molar-refractivity contribution in [2.45, 2.75) is 70.3 Å². The number of hydrogen-bond acceptors (Lipinski definition) is 11. The van der Waals surface area contributed by atoms with E-state index in [1.165, 1.54) is 30.9 Å². The third-order valence-corrected chi connectivity index (χ3v) is 4.90. The molecule has 2 aromatic rings. The molecule has 0 aliphatic carbocycles. The lowest BCUT2D eigenvalue weighted by atomic mass is 10.1. The van der Waals surface area contributed by atoms with E-state index in [1.807, 2.05) is 6.07 Å². The first-order valence-corrected chi connectivity index (χ1v) is 10.5. The van der Waals surface area contributed by atoms with Crippen LogP contribution >= 0.6 is 0 Å². The number of carbonyl (C=O) groups is 2. The fourth-order valence-corrected chi connectivity index (χ4v) is 3.11. The Kier molecular flexibility index (Phi) is 8.24. The van der Waals surface area contributed by atoms with Crippen LogP contribution in [0, 0.1) is 11.3 Å². The Labute approximate surface area is 200 Å². The number of carboxylic acids is 1. The van der Waals surface area contributed by atoms with Crippen molar-refractivity contribution < 1.29 is 39.5 Å². The molecule has 1 aliphatic heterocycles. The van der Waals surface area contributed by atoms with Crippen LogP contribution in [-0.2, 0) is 14.3 Å². The van der Waals surface area contributed by atoms with Crippen LogP contribution in [-0.4, -0.2) is 83.1 Å². The number of nitriles is 1. The quantitative estimate of drug-likeness (QED) is 0.327. The van der Waals surface area contributed by atoms with Gasteiger partial charge in [0.25, 0.3) is 0 Å². The lowest BCUT2D eigenvalue weighted by Gasteiger charge is -2.25. The van der Waals surface area contributed by atoms with Crippen molar-refractivity contribution in [2.75, 3.05) is 12.3 Å². The van der Waals surface area contributed by atoms with Crippen LogP contribution in [0.1, 0.15) is 46.4 Å². The number of hydrogen-bond donors (Lipinski definition) is 6. The number of carbonyl (C=O) groups excluding carboxylic acids is 1. The molecule has 1 saturated heterocycles. The van der Waals surface area contributed by atoms with Gasteiger partial charge in [-0.1, -0.05) is 0 Å². The number of ether oxygens (including phenoxy) is 2. The number of aliphatic carboxylic acids is 1. The predicted octanol–water partition coefficient (Wildman–Crippen LogP) is -0.129. The average molecular weight is 495 g/mol. The van der Waals surface area contributed by atoms with Crippen LogP contribution in [0.2, 0.25) is 0 Å². The molecule has 192 valence electrons. The largest absolute Gasteiger partial charge is 0.480 e. The van der Waals surface area contributed by atoms with Crippen molar-refractivity contribution in [1.29, 1.82) is 5.26 Å². The molecular weight excluding hydrogens is 464 g/mol. The standard InChI is InChI=1S/C12H13N5O4.C9H17NO4/c13-1-5-2-17(11-7(5)10(14)15-4-16-11)12-9(20)8(19)6(3-18)21-12;1-8(2,3)14-7(13)10-9(4,5)6(11)12/h2,4,6,8-9,12,18-20H,3H2,(H2,14,15,16);1-5H3,(H,10,13)(H,11,12)/t6-,8-,9-,12-;/m1./s1. The van der Waals surface area contributed by atoms with Gasteiger partial charge < -0.3 is 45.5 Å². The van der Waals surface area contributed by atoms with Crippen LogP contribution in [0.5, 0.6) is 0 Å². The van der Waals surface area contributed by atoms with Crippen LogP contribution in [0.4, 0.5) is 10.6 Å². The highest BCUT2D eigenvalue weighted by Crippen LogP contribution is 2.34. The third-order valence-electron chi connectivity index (χ3n) is 4.90. The third kappa shape index (κ3) is 6.34. The van der Waals surface area contributed by atoms with Gasteiger partial charge in [0.2, 0.25) is 0 Å². The fraction of sp³-hybridized carbons (Fsp3) is 0.571. The first-order chi connectivity index (χ1) is 16.1. The SMILES string of the molecule is CC(C)(C)OC(=O)NC(C)(C)C(=O)O.N#Cc1cn([C@@H]2O[C@H](CO)[C@@H](O)[C@H]2O)c2ncnc(N)c12. The van der Waals surface area contributed by atoms with Gasteiger partial charge in [-0.15, -0.1) is 0 Å². The molecule has 0 bridgehead atoms. The molecule has 1 amide bonds. The summed E-state index contributed by atoms with van der Waals surface area (Å²) in [5.74, 6) is -0.967. The minimum absolute atomic E-state index is 0.141. The van der Waals surface area contributed by atoms with Gasteiger partial charge >= 0.3 is 12.1 Å². The Hall–Kier alpha value is -3.51. The molecule has 3 heterocycles. The summed E-state index contributed by atoms with van der Waals surface area (Å²) >= 11 is 0. The highest BCUT2D eigenvalue weighted by Gasteiger charge is 2.44. The van der Waals surface area contributed by atoms with Gasteiger partial charge in [-0.05, 0) is 34.6 Å². The number of alkyl carbamates (subject to hydrolysis) is 1. The smallest absolute Gasteiger partial charge is 0.408 e. The monoisotopic (exact) mass is 494 g/mol. The molecule has 1 aliphatic rings. The highest BCUT2D eigenvalue weighted by molar-refractivity contribution is 5.92. The number of rotatable bonds is 4. The number of aromatic nitrogens is 3. The Morgan fingerprint density at radius 1 is 1.26 bits per heavy atom. The van der Waals surface area contributed by atoms with Crippen molar-refractivity contribution in [3.05, 3.63) is 18.1 Å². The van der Waals surface area contributed by atoms with Gasteiger partial charge in [0.1, 0.15) is 53.3 Å². The van der Waals surface area contributed by atoms with Crippen molar-refractivity contribution >= 4 is 28.9 Å². The van der Waals surface area contributed by atoms with Gasteiger partial charge in [0, 0.05) is 6.20 Å². The molecule has 7 N–H and O–H groups in total. The number of aliphatic hydroxyl groups excluding tert-OH is 3. The number of nitrogen functional groups attached to an aromatic ring is 1. The summed E-state index contributed by atoms with van der Waals surface area (Å²) in [5.41, 5.74) is 4.36. The Morgan fingerprint density at radius 2 is 1.89 bits per heavy atom. The molecule has 35 heavy (non-hydrogen) atoms. The molecule has 14 heteroatoms. The van der Waals surface area contributed by atoms with E-state index in [2.05, 4.69) is 15.3 Å². The van der Waals surface area contributed by atoms with E-state index in [4.69, 9.17) is 30.7 Å². The van der Waals surface area contributed by atoms with E-state index in [0.29, 0.717) is 11.0 Å². The number of nitrogens with zero attached hydrogens (tertiary/aromatic N) is 4. The maximum absolute atomic E-state index is 11.2. The zero-order chi connectivity index (χ0) is 26.7. The van der Waals surface area contributed by atoms with Gasteiger partial charge in [-0.3, -0.25) is 0 Å². The zero-order valence-electron chi connectivity index (χ0n) is 20.0. The summed E-state index contributed by atoms with van der Waals surface area (Å²) in [4.78, 5) is 29.7. The maximum atomic E-state index is 11.2. The number of aliphatic hydroxyl groups is 3. The van der Waals surface area contributed by atoms with Crippen molar-refractivity contribution in [2.24, 2.45) is 0 Å². The van der Waals surface area contributed by atoms with Crippen LogP contribution in [0.15, 0.2) is 12.5 Å². The molecule has 0 saturated carbocycles. The molecule has 0 aromatic carbocycles. The van der Waals surface area contributed by atoms with E-state index < -0.39 is 54.3 Å². The van der Waals surface area contributed by atoms with Gasteiger partial charge in [-0.25, -0.2) is 19.6 Å². The lowest BCUT2D eigenvalue weighted by Crippen LogP contribution is -2.51. The summed E-state index contributed by atoms with van der Waals surface area (Å²) in [6.45, 7) is 7.47. The Morgan fingerprint density at radius 3 is 2.37 bits per heavy atom. The maximum Gasteiger partial charge on any atom is 0.408 e. The van der Waals surface area contributed by atoms with Crippen molar-refractivity contribution in [1.82, 2.24) is 19.9 Å². The second kappa shape index (κ2) is 10.4. The molecule has 0 unspecified atom stereocenters. The number of nitrogens with two attached hydrogens (primary N) is 1. The Bertz CT molecular complexity index is 1120. The van der Waals surface area contributed by atoms with Crippen molar-refractivity contribution in [3.63, 3.8) is 0 Å². The van der Waals surface area contributed by atoms with E-state index >= 15 is 0 Å². The van der Waals surface area contributed by atoms with Crippen molar-refractivity contribution in [3.8, 4) is 6.07 Å². The molecule has 3 rings (SSSR count). The minimum atomic E-state index is -1.32. The van der Waals surface area contributed by atoms with E-state index in [9.17, 15) is 19.8 Å². The summed E-state index contributed by atoms with van der Waals surface area (Å²) in [6, 6.07) is 1.98. The van der Waals surface area contributed by atoms with Gasteiger partial charge in [0.15, 0.2) is 6.23 Å². The molecule has 2 aromatic heterocycles. The van der Waals surface area contributed by atoms with Crippen LogP contribution < -0.4 is 11.1 Å². The topological polar surface area (TPSA) is 226 Å². The second-order valence-corrected chi connectivity index (χ2v) is 9.31. The van der Waals surface area contributed by atoms with E-state index in [1.54, 1.807) is 20.8 Å². The molecular formula is C21H30N6O8. The Balaban J connectivity index is 0.000000271. The number of amides is 1. The second-order valence-electron chi connectivity index (χ2n) is 9.31. The minimum Gasteiger partial charge on any atom is -0.480 e. The normalized spacial score (nSPS) is 22.1. The van der Waals surface area contributed by atoms with E-state index in [0.717, 1.165) is 0 Å². The summed E-state index contributed by atoms with van der Waals surface area (Å²) in [7, 11) is 0. The van der Waals surface area contributed by atoms with Crippen LogP contribution in [0.3, 0.4) is 0 Å². The van der Waals surface area contributed by atoms with E-state index in [-0.39, 0.29) is 11.4 Å². The zero-order valence-corrected chi connectivity index (χ0v) is 20.0. The van der Waals surface area contributed by atoms with Gasteiger partial charge in [0.05, 0.1) is 17.6 Å². The summed E-state index contributed by atoms with van der Waals surface area (Å²) in [6.07, 6.45) is -2.46. The number of nitrogens with one attached hydrogen (secondary N) is 1. The molecule has 4 atom stereocenters. The highest BCUT2D eigenvalue weighted by atomic mass is 16.6. The number of anilines is 1. The number of carboxylic acid groups (broad SMARTS) is 1. The first kappa shape index (κ1) is 27.7.